The fourth-order valence-electron chi connectivity index (χ4n) is 3.19. The number of benzene rings is 1. The molecule has 1 aliphatic rings. The van der Waals surface area contributed by atoms with Gasteiger partial charge in [-0.2, -0.15) is 4.98 Å². The van der Waals surface area contributed by atoms with Gasteiger partial charge in [-0.05, 0) is 31.2 Å². The Hall–Kier alpha value is -1.64. The van der Waals surface area contributed by atoms with Gasteiger partial charge in [0.1, 0.15) is 0 Å². The highest BCUT2D eigenvalue weighted by Gasteiger charge is 2.24. The molecule has 25 heavy (non-hydrogen) atoms. The molecule has 7 heteroatoms. The number of guanidine groups is 1. The SMILES string of the molecule is CN=C(NCCc1nc(C)no1)N1CCC(Cc2ccccc2)C1.I. The van der Waals surface area contributed by atoms with Gasteiger partial charge in [0.25, 0.3) is 0 Å². The first-order valence-corrected chi connectivity index (χ1v) is 8.53. The Morgan fingerprint density at radius 3 is 2.84 bits per heavy atom. The predicted octanol–water partition coefficient (Wildman–Crippen LogP) is 2.68. The number of hydrogen-bond acceptors (Lipinski definition) is 4. The van der Waals surface area contributed by atoms with Crippen molar-refractivity contribution in [2.75, 3.05) is 26.7 Å². The molecule has 0 spiro atoms. The molecule has 1 aliphatic heterocycles. The summed E-state index contributed by atoms with van der Waals surface area (Å²) in [6.07, 6.45) is 3.05. The molecule has 0 radical (unpaired) electrons. The van der Waals surface area contributed by atoms with Crippen LogP contribution in [0.25, 0.3) is 0 Å². The molecule has 1 saturated heterocycles. The Kier molecular flexibility index (Phi) is 7.67. The number of halogens is 1. The summed E-state index contributed by atoms with van der Waals surface area (Å²) in [7, 11) is 1.84. The van der Waals surface area contributed by atoms with Gasteiger partial charge in [-0.15, -0.1) is 24.0 Å². The van der Waals surface area contributed by atoms with Crippen molar-refractivity contribution in [2.24, 2.45) is 10.9 Å². The summed E-state index contributed by atoms with van der Waals surface area (Å²) in [5.74, 6) is 2.99. The highest BCUT2D eigenvalue weighted by molar-refractivity contribution is 14.0. The van der Waals surface area contributed by atoms with Gasteiger partial charge in [0.05, 0.1) is 0 Å². The molecule has 136 valence electrons. The van der Waals surface area contributed by atoms with Crippen LogP contribution >= 0.6 is 24.0 Å². The number of rotatable bonds is 5. The largest absolute Gasteiger partial charge is 0.356 e. The fraction of sp³-hybridized carbons (Fsp3) is 0.500. The van der Waals surface area contributed by atoms with Crippen LogP contribution in [0.2, 0.25) is 0 Å². The second-order valence-corrected chi connectivity index (χ2v) is 6.25. The Bertz CT molecular complexity index is 673. The molecule has 1 fully saturated rings. The van der Waals surface area contributed by atoms with Crippen LogP contribution in [-0.2, 0) is 12.8 Å². The number of likely N-dealkylation sites (tertiary alicyclic amines) is 1. The zero-order valence-corrected chi connectivity index (χ0v) is 17.1. The number of nitrogens with zero attached hydrogens (tertiary/aromatic N) is 4. The lowest BCUT2D eigenvalue weighted by Crippen LogP contribution is -2.41. The van der Waals surface area contributed by atoms with Gasteiger partial charge in [0.15, 0.2) is 11.8 Å². The lowest BCUT2D eigenvalue weighted by molar-refractivity contribution is 0.373. The average molecular weight is 455 g/mol. The quantitative estimate of drug-likeness (QED) is 0.427. The minimum absolute atomic E-state index is 0. The molecule has 3 rings (SSSR count). The van der Waals surface area contributed by atoms with Crippen LogP contribution in [0.15, 0.2) is 39.8 Å². The predicted molar refractivity (Wildman–Crippen MR) is 109 cm³/mol. The van der Waals surface area contributed by atoms with Crippen molar-refractivity contribution in [3.8, 4) is 0 Å². The van der Waals surface area contributed by atoms with E-state index in [1.807, 2.05) is 14.0 Å². The molecule has 1 atom stereocenters. The van der Waals surface area contributed by atoms with E-state index >= 15 is 0 Å². The van der Waals surface area contributed by atoms with Crippen molar-refractivity contribution in [1.29, 1.82) is 0 Å². The first-order chi connectivity index (χ1) is 11.7. The minimum Gasteiger partial charge on any atom is -0.356 e. The van der Waals surface area contributed by atoms with Crippen LogP contribution in [0.5, 0.6) is 0 Å². The van der Waals surface area contributed by atoms with E-state index < -0.39 is 0 Å². The smallest absolute Gasteiger partial charge is 0.228 e. The molecule has 2 heterocycles. The number of nitrogens with one attached hydrogen (secondary N) is 1. The van der Waals surface area contributed by atoms with Crippen molar-refractivity contribution in [1.82, 2.24) is 20.4 Å². The van der Waals surface area contributed by atoms with E-state index in [0.29, 0.717) is 24.1 Å². The zero-order valence-electron chi connectivity index (χ0n) is 14.8. The average Bonchev–Trinajstić information content (AvgIpc) is 3.22. The molecule has 0 amide bonds. The number of aliphatic imine (C=N–C) groups is 1. The lowest BCUT2D eigenvalue weighted by atomic mass is 9.99. The standard InChI is InChI=1S/C18H25N5O.HI/c1-14-21-17(24-22-14)8-10-20-18(19-2)23-11-9-16(13-23)12-15-6-4-3-5-7-15;/h3-7,16H,8-13H2,1-2H3,(H,19,20);1H. The van der Waals surface area contributed by atoms with Gasteiger partial charge >= 0.3 is 0 Å². The van der Waals surface area contributed by atoms with E-state index in [2.05, 4.69) is 55.7 Å². The van der Waals surface area contributed by atoms with Crippen LogP contribution < -0.4 is 5.32 Å². The van der Waals surface area contributed by atoms with Crippen LogP contribution in [0, 0.1) is 12.8 Å². The third-order valence-corrected chi connectivity index (χ3v) is 4.36. The van der Waals surface area contributed by atoms with Gasteiger partial charge in [-0.25, -0.2) is 0 Å². The summed E-state index contributed by atoms with van der Waals surface area (Å²) in [6, 6.07) is 10.7. The topological polar surface area (TPSA) is 66.5 Å². The summed E-state index contributed by atoms with van der Waals surface area (Å²) in [5.41, 5.74) is 1.42. The van der Waals surface area contributed by atoms with Crippen molar-refractivity contribution < 1.29 is 4.52 Å². The third-order valence-electron chi connectivity index (χ3n) is 4.36. The number of aryl methyl sites for hydroxylation is 1. The molecule has 1 N–H and O–H groups in total. The highest BCUT2D eigenvalue weighted by atomic mass is 127. The molecule has 0 bridgehead atoms. The highest BCUT2D eigenvalue weighted by Crippen LogP contribution is 2.20. The van der Waals surface area contributed by atoms with Gasteiger partial charge in [-0.3, -0.25) is 4.99 Å². The molecular formula is C18H26IN5O. The van der Waals surface area contributed by atoms with Crippen LogP contribution in [0.1, 0.15) is 23.7 Å². The maximum absolute atomic E-state index is 5.13. The van der Waals surface area contributed by atoms with Gasteiger partial charge < -0.3 is 14.7 Å². The molecular weight excluding hydrogens is 429 g/mol. The summed E-state index contributed by atoms with van der Waals surface area (Å²) < 4.78 is 5.13. The molecule has 0 saturated carbocycles. The van der Waals surface area contributed by atoms with Gasteiger partial charge in [0, 0.05) is 33.1 Å². The first kappa shape index (κ1) is 19.7. The van der Waals surface area contributed by atoms with E-state index in [1.54, 1.807) is 0 Å². The van der Waals surface area contributed by atoms with E-state index in [4.69, 9.17) is 4.52 Å². The Morgan fingerprint density at radius 1 is 1.36 bits per heavy atom. The second kappa shape index (κ2) is 9.74. The van der Waals surface area contributed by atoms with E-state index in [9.17, 15) is 0 Å². The fourth-order valence-corrected chi connectivity index (χ4v) is 3.19. The van der Waals surface area contributed by atoms with Crippen LogP contribution in [0.3, 0.4) is 0 Å². The van der Waals surface area contributed by atoms with E-state index in [-0.39, 0.29) is 24.0 Å². The second-order valence-electron chi connectivity index (χ2n) is 6.25. The lowest BCUT2D eigenvalue weighted by Gasteiger charge is -2.21. The van der Waals surface area contributed by atoms with Crippen molar-refractivity contribution >= 4 is 29.9 Å². The third kappa shape index (κ3) is 5.69. The maximum atomic E-state index is 5.13. The molecule has 1 aromatic carbocycles. The Balaban J connectivity index is 0.00000225. The molecule has 6 nitrogen and oxygen atoms in total. The molecule has 2 aromatic rings. The molecule has 1 aromatic heterocycles. The zero-order chi connectivity index (χ0) is 16.8. The minimum atomic E-state index is 0. The summed E-state index contributed by atoms with van der Waals surface area (Å²) >= 11 is 0. The number of aromatic nitrogens is 2. The Morgan fingerprint density at radius 2 is 2.16 bits per heavy atom. The Labute approximate surface area is 166 Å². The van der Waals surface area contributed by atoms with E-state index in [0.717, 1.165) is 32.0 Å². The first-order valence-electron chi connectivity index (χ1n) is 8.53. The maximum Gasteiger partial charge on any atom is 0.228 e. The monoisotopic (exact) mass is 455 g/mol. The van der Waals surface area contributed by atoms with Gasteiger partial charge in [-0.1, -0.05) is 35.5 Å². The van der Waals surface area contributed by atoms with Crippen molar-refractivity contribution in [2.45, 2.75) is 26.2 Å². The van der Waals surface area contributed by atoms with Crippen LogP contribution in [-0.4, -0.2) is 47.7 Å². The normalized spacial score (nSPS) is 17.4. The molecule has 0 aliphatic carbocycles. The molecule has 1 unspecified atom stereocenters. The summed E-state index contributed by atoms with van der Waals surface area (Å²) in [6.45, 7) is 4.68. The van der Waals surface area contributed by atoms with Crippen LogP contribution in [0.4, 0.5) is 0 Å². The van der Waals surface area contributed by atoms with Crippen molar-refractivity contribution in [3.63, 3.8) is 0 Å². The van der Waals surface area contributed by atoms with E-state index in [1.165, 1.54) is 12.0 Å². The summed E-state index contributed by atoms with van der Waals surface area (Å²) in [4.78, 5) is 11.0. The van der Waals surface area contributed by atoms with Crippen molar-refractivity contribution in [3.05, 3.63) is 47.6 Å². The summed E-state index contributed by atoms with van der Waals surface area (Å²) in [5, 5.41) is 7.21. The number of hydrogen-bond donors (Lipinski definition) is 1. The van der Waals surface area contributed by atoms with Gasteiger partial charge in [0.2, 0.25) is 5.89 Å².